The lowest BCUT2D eigenvalue weighted by atomic mass is 10.0. The van der Waals surface area contributed by atoms with E-state index in [2.05, 4.69) is 20.8 Å². The van der Waals surface area contributed by atoms with Gasteiger partial charge in [-0.05, 0) is 37.0 Å². The molecule has 0 radical (unpaired) electrons. The van der Waals surface area contributed by atoms with Gasteiger partial charge < -0.3 is 15.2 Å². The van der Waals surface area contributed by atoms with Crippen LogP contribution in [0.5, 0.6) is 0 Å². The fourth-order valence-electron chi connectivity index (χ4n) is 3.55. The number of benzene rings is 2. The molecule has 1 aromatic heterocycles. The largest absolute Gasteiger partial charge is 0.342 e. The van der Waals surface area contributed by atoms with Crippen LogP contribution in [0.3, 0.4) is 0 Å². The first-order chi connectivity index (χ1) is 16.6. The lowest BCUT2D eigenvalue weighted by molar-refractivity contribution is -0.384. The van der Waals surface area contributed by atoms with Crippen molar-refractivity contribution in [1.82, 2.24) is 20.1 Å². The van der Waals surface area contributed by atoms with Gasteiger partial charge in [-0.1, -0.05) is 49.9 Å². The van der Waals surface area contributed by atoms with Gasteiger partial charge in [-0.25, -0.2) is 0 Å². The molecule has 0 unspecified atom stereocenters. The van der Waals surface area contributed by atoms with Gasteiger partial charge in [0.2, 0.25) is 5.91 Å². The Morgan fingerprint density at radius 3 is 2.40 bits per heavy atom. The van der Waals surface area contributed by atoms with Crippen molar-refractivity contribution in [2.45, 2.75) is 38.9 Å². The molecule has 2 aromatic carbocycles. The highest BCUT2D eigenvalue weighted by molar-refractivity contribution is 7.99. The second kappa shape index (κ2) is 11.1. The minimum absolute atomic E-state index is 0.0364. The molecule has 11 heteroatoms. The molecule has 10 nitrogen and oxygen atoms in total. The van der Waals surface area contributed by atoms with E-state index in [9.17, 15) is 19.7 Å². The topological polar surface area (TPSA) is 132 Å². The maximum atomic E-state index is 12.8. The van der Waals surface area contributed by atoms with Crippen LogP contribution in [0.1, 0.15) is 47.2 Å². The smallest absolute Gasteiger partial charge is 0.270 e. The van der Waals surface area contributed by atoms with Crippen LogP contribution in [-0.2, 0) is 11.8 Å². The number of para-hydroxylation sites is 1. The van der Waals surface area contributed by atoms with Crippen LogP contribution < -0.4 is 10.6 Å². The molecule has 2 amide bonds. The third kappa shape index (κ3) is 6.24. The van der Waals surface area contributed by atoms with Crippen molar-refractivity contribution < 1.29 is 14.5 Å². The molecule has 0 aliphatic heterocycles. The van der Waals surface area contributed by atoms with E-state index < -0.39 is 16.9 Å². The number of hydrogen-bond acceptors (Lipinski definition) is 7. The second-order valence-electron chi connectivity index (χ2n) is 8.51. The van der Waals surface area contributed by atoms with Crippen LogP contribution in [0.25, 0.3) is 0 Å². The number of nitrogens with zero attached hydrogens (tertiary/aromatic N) is 4. The summed E-state index contributed by atoms with van der Waals surface area (Å²) < 4.78 is 1.75. The number of thioether (sulfide) groups is 1. The molecule has 0 spiro atoms. The fraction of sp³-hybridized carbons (Fsp3) is 0.333. The minimum atomic E-state index is -0.542. The van der Waals surface area contributed by atoms with E-state index in [0.29, 0.717) is 11.0 Å². The molecular formula is C24H28N6O4S. The molecule has 1 heterocycles. The highest BCUT2D eigenvalue weighted by atomic mass is 32.2. The molecule has 0 aliphatic carbocycles. The number of nitrogens with one attached hydrogen (secondary N) is 2. The van der Waals surface area contributed by atoms with Gasteiger partial charge in [-0.15, -0.1) is 10.2 Å². The first kappa shape index (κ1) is 25.9. The SMILES string of the molecule is Cc1cccc(C)c1NC(=O)CSc1nnc([C@@H](NC(=O)c2cccc([N+](=O)[O-])c2)C(C)C)n1C. The van der Waals surface area contributed by atoms with E-state index in [1.165, 1.54) is 36.0 Å². The standard InChI is InChI=1S/C24H28N6O4S/c1-14(2)20(26-23(32)17-10-7-11-18(12-17)30(33)34)22-27-28-24(29(22)5)35-13-19(31)25-21-15(3)8-6-9-16(21)4/h6-12,14,20H,13H2,1-5H3,(H,25,31)(H,26,32)/t20-/m0/s1. The third-order valence-electron chi connectivity index (χ3n) is 5.50. The predicted octanol–water partition coefficient (Wildman–Crippen LogP) is 4.20. The lowest BCUT2D eigenvalue weighted by Gasteiger charge is -2.21. The molecular weight excluding hydrogens is 468 g/mol. The zero-order chi connectivity index (χ0) is 25.7. The van der Waals surface area contributed by atoms with Crippen molar-refractivity contribution in [2.75, 3.05) is 11.1 Å². The van der Waals surface area contributed by atoms with Crippen LogP contribution in [0.15, 0.2) is 47.6 Å². The van der Waals surface area contributed by atoms with Gasteiger partial charge in [0.15, 0.2) is 11.0 Å². The maximum Gasteiger partial charge on any atom is 0.270 e. The average molecular weight is 497 g/mol. The van der Waals surface area contributed by atoms with E-state index in [1.807, 2.05) is 45.9 Å². The average Bonchev–Trinajstić information content (AvgIpc) is 3.18. The minimum Gasteiger partial charge on any atom is -0.342 e. The Morgan fingerprint density at radius 2 is 1.77 bits per heavy atom. The van der Waals surface area contributed by atoms with Crippen molar-refractivity contribution in [3.8, 4) is 0 Å². The van der Waals surface area contributed by atoms with E-state index in [1.54, 1.807) is 11.6 Å². The fourth-order valence-corrected chi connectivity index (χ4v) is 4.27. The molecule has 0 bridgehead atoms. The summed E-state index contributed by atoms with van der Waals surface area (Å²) in [4.78, 5) is 35.9. The van der Waals surface area contributed by atoms with Crippen LogP contribution in [0.2, 0.25) is 0 Å². The summed E-state index contributed by atoms with van der Waals surface area (Å²) >= 11 is 1.25. The van der Waals surface area contributed by atoms with Gasteiger partial charge in [0, 0.05) is 30.4 Å². The number of aromatic nitrogens is 3. The lowest BCUT2D eigenvalue weighted by Crippen LogP contribution is -2.33. The summed E-state index contributed by atoms with van der Waals surface area (Å²) in [5.41, 5.74) is 2.81. The Kier molecular flexibility index (Phi) is 8.23. The summed E-state index contributed by atoms with van der Waals surface area (Å²) in [7, 11) is 1.77. The molecule has 35 heavy (non-hydrogen) atoms. The molecule has 2 N–H and O–H groups in total. The van der Waals surface area contributed by atoms with Crippen LogP contribution in [0.4, 0.5) is 11.4 Å². The first-order valence-electron chi connectivity index (χ1n) is 11.0. The molecule has 3 aromatic rings. The van der Waals surface area contributed by atoms with Gasteiger partial charge in [0.25, 0.3) is 11.6 Å². The third-order valence-corrected chi connectivity index (χ3v) is 6.52. The van der Waals surface area contributed by atoms with Crippen molar-refractivity contribution in [3.05, 3.63) is 75.1 Å². The highest BCUT2D eigenvalue weighted by Gasteiger charge is 2.26. The van der Waals surface area contributed by atoms with Crippen molar-refractivity contribution >= 4 is 35.0 Å². The molecule has 184 valence electrons. The molecule has 3 rings (SSSR count). The quantitative estimate of drug-likeness (QED) is 0.258. The summed E-state index contributed by atoms with van der Waals surface area (Å²) in [5, 5.41) is 25.9. The molecule has 1 atom stereocenters. The van der Waals surface area contributed by atoms with Gasteiger partial charge in [-0.3, -0.25) is 19.7 Å². The van der Waals surface area contributed by atoms with Gasteiger partial charge in [-0.2, -0.15) is 0 Å². The molecule has 0 aliphatic rings. The van der Waals surface area contributed by atoms with Crippen molar-refractivity contribution in [2.24, 2.45) is 13.0 Å². The highest BCUT2D eigenvalue weighted by Crippen LogP contribution is 2.25. The second-order valence-corrected chi connectivity index (χ2v) is 9.45. The first-order valence-corrected chi connectivity index (χ1v) is 12.0. The number of nitro benzene ring substituents is 1. The Labute approximate surface area is 207 Å². The normalized spacial score (nSPS) is 11.8. The number of aryl methyl sites for hydroxylation is 2. The number of non-ortho nitro benzene ring substituents is 1. The van der Waals surface area contributed by atoms with E-state index in [0.717, 1.165) is 16.8 Å². The van der Waals surface area contributed by atoms with Crippen molar-refractivity contribution in [3.63, 3.8) is 0 Å². The van der Waals surface area contributed by atoms with Gasteiger partial charge in [0.1, 0.15) is 0 Å². The summed E-state index contributed by atoms with van der Waals surface area (Å²) in [6.45, 7) is 7.74. The summed E-state index contributed by atoms with van der Waals surface area (Å²) in [6.07, 6.45) is 0. The van der Waals surface area contributed by atoms with Crippen LogP contribution >= 0.6 is 11.8 Å². The Hall–Kier alpha value is -3.73. The number of carbonyl (C=O) groups is 2. The van der Waals surface area contributed by atoms with E-state index in [4.69, 9.17) is 0 Å². The van der Waals surface area contributed by atoms with Crippen molar-refractivity contribution in [1.29, 1.82) is 0 Å². The van der Waals surface area contributed by atoms with Gasteiger partial charge in [0.05, 0.1) is 16.7 Å². The molecule has 0 saturated carbocycles. The summed E-state index contributed by atoms with van der Waals surface area (Å²) in [5.74, 6) is 0.0302. The van der Waals surface area contributed by atoms with E-state index >= 15 is 0 Å². The van der Waals surface area contributed by atoms with E-state index in [-0.39, 0.29) is 28.8 Å². The van der Waals surface area contributed by atoms with Crippen LogP contribution in [-0.4, -0.2) is 37.3 Å². The Bertz CT molecular complexity index is 1240. The Balaban J connectivity index is 1.70. The number of nitro groups is 1. The zero-order valence-electron chi connectivity index (χ0n) is 20.2. The number of rotatable bonds is 9. The summed E-state index contributed by atoms with van der Waals surface area (Å²) in [6, 6.07) is 10.9. The van der Waals surface area contributed by atoms with Gasteiger partial charge >= 0.3 is 0 Å². The van der Waals surface area contributed by atoms with Crippen LogP contribution in [0, 0.1) is 29.9 Å². The number of anilines is 1. The number of amides is 2. The predicted molar refractivity (Wildman–Crippen MR) is 134 cm³/mol. The number of carbonyl (C=O) groups excluding carboxylic acids is 2. The monoisotopic (exact) mass is 496 g/mol. The molecule has 0 fully saturated rings. The Morgan fingerprint density at radius 1 is 1.11 bits per heavy atom. The zero-order valence-corrected chi connectivity index (χ0v) is 21.0. The number of hydrogen-bond donors (Lipinski definition) is 2. The molecule has 0 saturated heterocycles. The maximum absolute atomic E-state index is 12.8.